The van der Waals surface area contributed by atoms with Crippen LogP contribution in [0.2, 0.25) is 0 Å². The SMILES string of the molecule is CNC(Cc1cc(F)cc(F)c1)c1ccc(C)cc1C. The minimum Gasteiger partial charge on any atom is -0.313 e. The number of benzene rings is 2. The van der Waals surface area contributed by atoms with Crippen LogP contribution in [0.5, 0.6) is 0 Å². The second-order valence-corrected chi connectivity index (χ2v) is 5.18. The minimum absolute atomic E-state index is 0.0387. The molecule has 0 radical (unpaired) electrons. The van der Waals surface area contributed by atoms with Gasteiger partial charge in [0.2, 0.25) is 0 Å². The number of hydrogen-bond acceptors (Lipinski definition) is 1. The number of hydrogen-bond donors (Lipinski definition) is 1. The third kappa shape index (κ3) is 3.42. The second kappa shape index (κ2) is 6.14. The largest absolute Gasteiger partial charge is 0.313 e. The topological polar surface area (TPSA) is 12.0 Å². The lowest BCUT2D eigenvalue weighted by Gasteiger charge is -2.19. The first-order chi connectivity index (χ1) is 9.49. The first-order valence-electron chi connectivity index (χ1n) is 6.69. The van der Waals surface area contributed by atoms with Crippen LogP contribution in [0.1, 0.15) is 28.3 Å². The minimum atomic E-state index is -0.532. The molecular formula is C17H19F2N. The zero-order valence-electron chi connectivity index (χ0n) is 12.0. The Morgan fingerprint density at radius 3 is 2.20 bits per heavy atom. The van der Waals surface area contributed by atoms with E-state index in [9.17, 15) is 8.78 Å². The number of likely N-dealkylation sites (N-methyl/N-ethyl adjacent to an activating group) is 1. The normalized spacial score (nSPS) is 12.4. The molecule has 2 rings (SSSR count). The van der Waals surface area contributed by atoms with Crippen LogP contribution in [-0.4, -0.2) is 7.05 Å². The van der Waals surface area contributed by atoms with Gasteiger partial charge in [-0.1, -0.05) is 23.8 Å². The summed E-state index contributed by atoms with van der Waals surface area (Å²) in [5.74, 6) is -1.06. The van der Waals surface area contributed by atoms with E-state index in [0.717, 1.165) is 11.6 Å². The summed E-state index contributed by atoms with van der Waals surface area (Å²) in [6.45, 7) is 4.10. The van der Waals surface area contributed by atoms with Gasteiger partial charge in [0.15, 0.2) is 0 Å². The third-order valence-corrected chi connectivity index (χ3v) is 3.51. The molecule has 0 bridgehead atoms. The molecule has 0 aliphatic heterocycles. The van der Waals surface area contributed by atoms with Crippen LogP contribution in [0, 0.1) is 25.5 Å². The Kier molecular flexibility index (Phi) is 4.50. The van der Waals surface area contributed by atoms with Crippen molar-refractivity contribution < 1.29 is 8.78 Å². The molecule has 0 aliphatic carbocycles. The summed E-state index contributed by atoms with van der Waals surface area (Å²) < 4.78 is 26.5. The van der Waals surface area contributed by atoms with Gasteiger partial charge in [-0.3, -0.25) is 0 Å². The van der Waals surface area contributed by atoms with E-state index < -0.39 is 11.6 Å². The zero-order chi connectivity index (χ0) is 14.7. The van der Waals surface area contributed by atoms with E-state index in [2.05, 4.69) is 30.4 Å². The van der Waals surface area contributed by atoms with Crippen molar-refractivity contribution in [2.75, 3.05) is 7.05 Å². The number of halogens is 2. The van der Waals surface area contributed by atoms with Gasteiger partial charge in [0.1, 0.15) is 11.6 Å². The van der Waals surface area contributed by atoms with Gasteiger partial charge in [0.05, 0.1) is 0 Å². The molecule has 0 aliphatic rings. The van der Waals surface area contributed by atoms with E-state index >= 15 is 0 Å². The monoisotopic (exact) mass is 275 g/mol. The predicted octanol–water partition coefficient (Wildman–Crippen LogP) is 4.08. The molecule has 0 amide bonds. The van der Waals surface area contributed by atoms with Crippen molar-refractivity contribution in [3.63, 3.8) is 0 Å². The molecule has 2 aromatic rings. The molecule has 2 aromatic carbocycles. The van der Waals surface area contributed by atoms with Crippen LogP contribution < -0.4 is 5.32 Å². The summed E-state index contributed by atoms with van der Waals surface area (Å²) in [4.78, 5) is 0. The van der Waals surface area contributed by atoms with Crippen LogP contribution in [0.15, 0.2) is 36.4 Å². The molecule has 1 N–H and O–H groups in total. The standard InChI is InChI=1S/C17H19F2N/c1-11-4-5-16(12(2)6-11)17(20-3)9-13-7-14(18)10-15(19)8-13/h4-8,10,17,20H,9H2,1-3H3. The van der Waals surface area contributed by atoms with Crippen LogP contribution in [0.4, 0.5) is 8.78 Å². The van der Waals surface area contributed by atoms with E-state index in [-0.39, 0.29) is 6.04 Å². The maximum atomic E-state index is 13.3. The fourth-order valence-corrected chi connectivity index (χ4v) is 2.55. The van der Waals surface area contributed by atoms with Crippen molar-refractivity contribution in [1.82, 2.24) is 5.32 Å². The average Bonchev–Trinajstić information content (AvgIpc) is 2.35. The Bertz CT molecular complexity index is 588. The molecule has 20 heavy (non-hydrogen) atoms. The lowest BCUT2D eigenvalue weighted by Crippen LogP contribution is -2.20. The molecule has 0 fully saturated rings. The third-order valence-electron chi connectivity index (χ3n) is 3.51. The van der Waals surface area contributed by atoms with E-state index in [1.54, 1.807) is 0 Å². The molecule has 0 spiro atoms. The van der Waals surface area contributed by atoms with Crippen LogP contribution >= 0.6 is 0 Å². The van der Waals surface area contributed by atoms with Gasteiger partial charge in [-0.25, -0.2) is 8.78 Å². The molecule has 0 saturated carbocycles. The molecule has 0 heterocycles. The van der Waals surface area contributed by atoms with Crippen molar-refractivity contribution in [2.45, 2.75) is 26.3 Å². The van der Waals surface area contributed by atoms with Gasteiger partial charge in [-0.05, 0) is 56.1 Å². The molecule has 1 unspecified atom stereocenters. The highest BCUT2D eigenvalue weighted by molar-refractivity contribution is 5.34. The van der Waals surface area contributed by atoms with Gasteiger partial charge >= 0.3 is 0 Å². The van der Waals surface area contributed by atoms with Crippen molar-refractivity contribution in [3.8, 4) is 0 Å². The Balaban J connectivity index is 2.28. The first kappa shape index (κ1) is 14.7. The lowest BCUT2D eigenvalue weighted by atomic mass is 9.94. The van der Waals surface area contributed by atoms with E-state index in [4.69, 9.17) is 0 Å². The number of aryl methyl sites for hydroxylation is 2. The van der Waals surface area contributed by atoms with Crippen molar-refractivity contribution >= 4 is 0 Å². The first-order valence-corrected chi connectivity index (χ1v) is 6.69. The fraction of sp³-hybridized carbons (Fsp3) is 0.294. The second-order valence-electron chi connectivity index (χ2n) is 5.18. The van der Waals surface area contributed by atoms with Gasteiger partial charge < -0.3 is 5.32 Å². The summed E-state index contributed by atoms with van der Waals surface area (Å²) in [6, 6.07) is 9.95. The Labute approximate surface area is 118 Å². The molecule has 3 heteroatoms. The van der Waals surface area contributed by atoms with E-state index in [0.29, 0.717) is 12.0 Å². The Hall–Kier alpha value is -1.74. The highest BCUT2D eigenvalue weighted by Gasteiger charge is 2.13. The molecule has 1 atom stereocenters. The van der Waals surface area contributed by atoms with Gasteiger partial charge in [-0.15, -0.1) is 0 Å². The van der Waals surface area contributed by atoms with Crippen LogP contribution in [-0.2, 0) is 6.42 Å². The quantitative estimate of drug-likeness (QED) is 0.886. The summed E-state index contributed by atoms with van der Waals surface area (Å²) in [6.07, 6.45) is 0.551. The maximum Gasteiger partial charge on any atom is 0.126 e. The summed E-state index contributed by atoms with van der Waals surface area (Å²) in [5.41, 5.74) is 4.20. The summed E-state index contributed by atoms with van der Waals surface area (Å²) >= 11 is 0. The number of nitrogens with one attached hydrogen (secondary N) is 1. The van der Waals surface area contributed by atoms with Crippen LogP contribution in [0.25, 0.3) is 0 Å². The highest BCUT2D eigenvalue weighted by Crippen LogP contribution is 2.23. The molecule has 0 saturated heterocycles. The van der Waals surface area contributed by atoms with Crippen LogP contribution in [0.3, 0.4) is 0 Å². The zero-order valence-corrected chi connectivity index (χ0v) is 12.0. The lowest BCUT2D eigenvalue weighted by molar-refractivity contribution is 0.561. The predicted molar refractivity (Wildman–Crippen MR) is 77.8 cm³/mol. The van der Waals surface area contributed by atoms with Gasteiger partial charge in [0.25, 0.3) is 0 Å². The Morgan fingerprint density at radius 1 is 1.00 bits per heavy atom. The van der Waals surface area contributed by atoms with E-state index in [1.807, 2.05) is 14.0 Å². The fourth-order valence-electron chi connectivity index (χ4n) is 2.55. The van der Waals surface area contributed by atoms with Crippen molar-refractivity contribution in [3.05, 3.63) is 70.3 Å². The summed E-state index contributed by atoms with van der Waals surface area (Å²) in [7, 11) is 1.86. The molecule has 106 valence electrons. The maximum absolute atomic E-state index is 13.3. The number of rotatable bonds is 4. The molecule has 0 aromatic heterocycles. The smallest absolute Gasteiger partial charge is 0.126 e. The molecular weight excluding hydrogens is 256 g/mol. The average molecular weight is 275 g/mol. The van der Waals surface area contributed by atoms with E-state index in [1.165, 1.54) is 23.3 Å². The van der Waals surface area contributed by atoms with Gasteiger partial charge in [0, 0.05) is 12.1 Å². The summed E-state index contributed by atoms with van der Waals surface area (Å²) in [5, 5.41) is 3.22. The molecule has 1 nitrogen and oxygen atoms in total. The highest BCUT2D eigenvalue weighted by atomic mass is 19.1. The van der Waals surface area contributed by atoms with Crippen molar-refractivity contribution in [2.24, 2.45) is 0 Å². The van der Waals surface area contributed by atoms with Gasteiger partial charge in [-0.2, -0.15) is 0 Å². The van der Waals surface area contributed by atoms with Crippen molar-refractivity contribution in [1.29, 1.82) is 0 Å². The Morgan fingerprint density at radius 2 is 1.65 bits per heavy atom.